The molecule has 0 saturated carbocycles. The number of thioether (sulfide) groups is 1. The van der Waals surface area contributed by atoms with Crippen LogP contribution in [0.4, 0.5) is 11.4 Å². The van der Waals surface area contributed by atoms with E-state index in [0.717, 1.165) is 44.8 Å². The number of aromatic hydroxyl groups is 1. The second kappa shape index (κ2) is 6.23. The van der Waals surface area contributed by atoms with Crippen molar-refractivity contribution in [1.29, 1.82) is 0 Å². The van der Waals surface area contributed by atoms with Gasteiger partial charge in [0.25, 0.3) is 0 Å². The zero-order valence-corrected chi connectivity index (χ0v) is 15.5. The van der Waals surface area contributed by atoms with E-state index in [0.29, 0.717) is 11.7 Å². The van der Waals surface area contributed by atoms with Crippen LogP contribution in [0.5, 0.6) is 5.88 Å². The third-order valence-corrected chi connectivity index (χ3v) is 5.96. The van der Waals surface area contributed by atoms with Crippen LogP contribution in [0.15, 0.2) is 46.6 Å². The summed E-state index contributed by atoms with van der Waals surface area (Å²) in [4.78, 5) is 0. The van der Waals surface area contributed by atoms with Crippen molar-refractivity contribution in [2.24, 2.45) is 10.2 Å². The van der Waals surface area contributed by atoms with Gasteiger partial charge in [0.2, 0.25) is 5.88 Å². The van der Waals surface area contributed by atoms with E-state index in [1.165, 1.54) is 0 Å². The summed E-state index contributed by atoms with van der Waals surface area (Å²) in [6.07, 6.45) is 0. The molecule has 2 aromatic carbocycles. The van der Waals surface area contributed by atoms with Crippen molar-refractivity contribution >= 4 is 34.0 Å². The number of azo groups is 1. The minimum absolute atomic E-state index is 0.222. The summed E-state index contributed by atoms with van der Waals surface area (Å²) in [5.74, 6) is 2.28. The van der Waals surface area contributed by atoms with Gasteiger partial charge in [0, 0.05) is 16.9 Å². The predicted octanol–water partition coefficient (Wildman–Crippen LogP) is 5.98. The molecule has 0 spiro atoms. The molecule has 1 N–H and O–H groups in total. The Morgan fingerprint density at radius 1 is 1.00 bits per heavy atom. The van der Waals surface area contributed by atoms with Gasteiger partial charge in [-0.2, -0.15) is 16.9 Å². The van der Waals surface area contributed by atoms with Crippen LogP contribution in [0.3, 0.4) is 0 Å². The molecule has 25 heavy (non-hydrogen) atoms. The molecule has 128 valence electrons. The third-order valence-electron chi connectivity index (χ3n) is 4.71. The monoisotopic (exact) mass is 351 g/mol. The number of fused-ring (bicyclic) bond motifs is 1. The lowest BCUT2D eigenvalue weighted by Crippen LogP contribution is -2.22. The molecular weight excluding hydrogens is 330 g/mol. The van der Waals surface area contributed by atoms with Gasteiger partial charge in [-0.1, -0.05) is 23.8 Å². The van der Waals surface area contributed by atoms with E-state index in [2.05, 4.69) is 41.4 Å². The first-order valence-electron chi connectivity index (χ1n) is 8.45. The molecule has 0 unspecified atom stereocenters. The Kier molecular flexibility index (Phi) is 4.04. The second-order valence-corrected chi connectivity index (χ2v) is 7.82. The normalized spacial score (nSPS) is 15.2. The quantitative estimate of drug-likeness (QED) is 0.590. The lowest BCUT2D eigenvalue weighted by atomic mass is 10.1. The van der Waals surface area contributed by atoms with Crippen molar-refractivity contribution in [2.45, 2.75) is 26.8 Å². The third kappa shape index (κ3) is 2.82. The van der Waals surface area contributed by atoms with E-state index in [-0.39, 0.29) is 5.88 Å². The van der Waals surface area contributed by atoms with E-state index in [4.69, 9.17) is 0 Å². The van der Waals surface area contributed by atoms with Gasteiger partial charge in [-0.25, -0.2) is 0 Å². The maximum atomic E-state index is 10.8. The molecule has 0 bridgehead atoms. The zero-order chi connectivity index (χ0) is 17.6. The van der Waals surface area contributed by atoms with Gasteiger partial charge in [0.1, 0.15) is 0 Å². The van der Waals surface area contributed by atoms with Crippen molar-refractivity contribution < 1.29 is 5.11 Å². The predicted molar refractivity (Wildman–Crippen MR) is 105 cm³/mol. The highest BCUT2D eigenvalue weighted by Gasteiger charge is 2.27. The fourth-order valence-corrected chi connectivity index (χ4v) is 3.91. The SMILES string of the molecule is Cc1ccc(C)c(N=Nc2c(O)n(C3CSC3)c3ccc(C)cc23)c1. The molecule has 1 aromatic heterocycles. The van der Waals surface area contributed by atoms with Crippen LogP contribution in [0.1, 0.15) is 22.7 Å². The summed E-state index contributed by atoms with van der Waals surface area (Å²) in [5, 5.41) is 20.7. The minimum Gasteiger partial charge on any atom is -0.493 e. The molecule has 0 amide bonds. The molecule has 1 saturated heterocycles. The molecule has 5 heteroatoms. The lowest BCUT2D eigenvalue weighted by molar-refractivity contribution is 0.406. The molecule has 1 fully saturated rings. The zero-order valence-electron chi connectivity index (χ0n) is 14.7. The van der Waals surface area contributed by atoms with Crippen LogP contribution in [-0.4, -0.2) is 21.2 Å². The summed E-state index contributed by atoms with van der Waals surface area (Å²) in [6.45, 7) is 6.12. The number of hydrogen-bond donors (Lipinski definition) is 1. The van der Waals surface area contributed by atoms with E-state index < -0.39 is 0 Å². The van der Waals surface area contributed by atoms with Gasteiger partial charge < -0.3 is 9.67 Å². The number of aromatic nitrogens is 1. The molecule has 2 heterocycles. The standard InChI is InChI=1S/C20H21N3OS/c1-12-5-7-18-16(8-12)19(20(24)23(18)15-10-25-11-15)22-21-17-9-13(2)4-6-14(17)3/h4-9,15,24H,10-11H2,1-3H3. The van der Waals surface area contributed by atoms with E-state index >= 15 is 0 Å². The van der Waals surface area contributed by atoms with E-state index in [1.807, 2.05) is 42.3 Å². The molecule has 1 aliphatic heterocycles. The van der Waals surface area contributed by atoms with Crippen LogP contribution in [-0.2, 0) is 0 Å². The molecule has 0 atom stereocenters. The Bertz CT molecular complexity index is 986. The van der Waals surface area contributed by atoms with Crippen molar-refractivity contribution in [3.63, 3.8) is 0 Å². The second-order valence-electron chi connectivity index (χ2n) is 6.74. The highest BCUT2D eigenvalue weighted by Crippen LogP contribution is 2.45. The molecule has 3 aromatic rings. The van der Waals surface area contributed by atoms with Gasteiger partial charge in [-0.15, -0.1) is 5.11 Å². The van der Waals surface area contributed by atoms with Gasteiger partial charge >= 0.3 is 0 Å². The Hall–Kier alpha value is -2.27. The summed E-state index contributed by atoms with van der Waals surface area (Å²) < 4.78 is 2.02. The Morgan fingerprint density at radius 2 is 1.72 bits per heavy atom. The number of rotatable bonds is 3. The van der Waals surface area contributed by atoms with Crippen LogP contribution < -0.4 is 0 Å². The van der Waals surface area contributed by atoms with Gasteiger partial charge in [0.05, 0.1) is 17.2 Å². The lowest BCUT2D eigenvalue weighted by Gasteiger charge is -2.27. The Balaban J connectivity index is 1.86. The van der Waals surface area contributed by atoms with Gasteiger partial charge in [0.15, 0.2) is 5.69 Å². The highest BCUT2D eigenvalue weighted by molar-refractivity contribution is 8.00. The average molecular weight is 351 g/mol. The van der Waals surface area contributed by atoms with Crippen LogP contribution in [0.25, 0.3) is 10.9 Å². The summed E-state index contributed by atoms with van der Waals surface area (Å²) in [5.41, 5.74) is 5.81. The van der Waals surface area contributed by atoms with Gasteiger partial charge in [-0.3, -0.25) is 0 Å². The maximum Gasteiger partial charge on any atom is 0.221 e. The van der Waals surface area contributed by atoms with Crippen LogP contribution in [0.2, 0.25) is 0 Å². The van der Waals surface area contributed by atoms with Crippen LogP contribution in [0, 0.1) is 20.8 Å². The summed E-state index contributed by atoms with van der Waals surface area (Å²) in [7, 11) is 0. The largest absolute Gasteiger partial charge is 0.493 e. The molecular formula is C20H21N3OS. The fourth-order valence-electron chi connectivity index (χ4n) is 3.17. The van der Waals surface area contributed by atoms with Crippen molar-refractivity contribution in [1.82, 2.24) is 4.57 Å². The first-order valence-corrected chi connectivity index (χ1v) is 9.60. The average Bonchev–Trinajstić information content (AvgIpc) is 2.79. The topological polar surface area (TPSA) is 49.9 Å². The van der Waals surface area contributed by atoms with Crippen molar-refractivity contribution in [3.8, 4) is 5.88 Å². The molecule has 4 rings (SSSR count). The number of nitrogens with zero attached hydrogens (tertiary/aromatic N) is 3. The van der Waals surface area contributed by atoms with Gasteiger partial charge in [-0.05, 0) is 50.1 Å². The fraction of sp³-hybridized carbons (Fsp3) is 0.300. The first-order chi connectivity index (χ1) is 12.0. The number of benzene rings is 2. The molecule has 1 aliphatic rings. The maximum absolute atomic E-state index is 10.8. The first kappa shape index (κ1) is 16.2. The van der Waals surface area contributed by atoms with Crippen molar-refractivity contribution in [2.75, 3.05) is 11.5 Å². The summed E-state index contributed by atoms with van der Waals surface area (Å²) in [6, 6.07) is 12.7. The molecule has 0 radical (unpaired) electrons. The van der Waals surface area contributed by atoms with E-state index in [1.54, 1.807) is 0 Å². The summed E-state index contributed by atoms with van der Waals surface area (Å²) >= 11 is 1.90. The Morgan fingerprint density at radius 3 is 2.44 bits per heavy atom. The minimum atomic E-state index is 0.222. The molecule has 4 nitrogen and oxygen atoms in total. The number of hydrogen-bond acceptors (Lipinski definition) is 4. The van der Waals surface area contributed by atoms with Crippen LogP contribution >= 0.6 is 11.8 Å². The van der Waals surface area contributed by atoms with Crippen molar-refractivity contribution in [3.05, 3.63) is 53.1 Å². The molecule has 0 aliphatic carbocycles. The van der Waals surface area contributed by atoms with E-state index in [9.17, 15) is 5.11 Å². The highest BCUT2D eigenvalue weighted by atomic mass is 32.2. The smallest absolute Gasteiger partial charge is 0.221 e. The Labute approximate surface area is 151 Å². The number of aryl methyl sites for hydroxylation is 3.